The second-order valence-electron chi connectivity index (χ2n) is 16.5. The van der Waals surface area contributed by atoms with Crippen molar-refractivity contribution in [2.75, 3.05) is 18.5 Å². The van der Waals surface area contributed by atoms with Crippen molar-refractivity contribution < 1.29 is 70.9 Å². The molecule has 0 aliphatic carbocycles. The van der Waals surface area contributed by atoms with Crippen LogP contribution in [0.4, 0.5) is 5.82 Å². The quantitative estimate of drug-likeness (QED) is 0.0183. The standard InChI is InChI=1S/C47H78N3O16P3/c1-3-5-7-9-11-13-15-17-18-19-20-22-24-26-28-30-32-34-43(52)48-42-35-37-50(47(55)49-42)46-45(54)44(53)41(64-46)39-63-68(58,59)66-69(60,61)65-67(56,57)62-38-36-40(51)33-31-29-27-25-23-21-16-14-12-10-8-6-4-2/h5,7,11,13,17-18,20,22,26,28,31,33,35,37,40-41,44-46,51,53-54H,3-4,6,8-10,12,14-16,19,21,23-25,27,29-30,32,34,36,38-39H2,1-2H3,(H,56,57)(H,58,59)(H,60,61)(H,48,49,52,55). The van der Waals surface area contributed by atoms with Gasteiger partial charge in [0.05, 0.1) is 19.3 Å². The van der Waals surface area contributed by atoms with Crippen molar-refractivity contribution in [2.45, 2.75) is 179 Å². The molecular weight excluding hydrogens is 955 g/mol. The third-order valence-electron chi connectivity index (χ3n) is 10.5. The number of nitrogens with zero attached hydrogens (tertiary/aromatic N) is 2. The van der Waals surface area contributed by atoms with Crippen molar-refractivity contribution in [3.05, 3.63) is 95.7 Å². The number of rotatable bonds is 39. The van der Waals surface area contributed by atoms with Crippen LogP contribution in [0.5, 0.6) is 0 Å². The van der Waals surface area contributed by atoms with Gasteiger partial charge in [-0.05, 0) is 63.9 Å². The summed E-state index contributed by atoms with van der Waals surface area (Å²) in [6, 6.07) is 1.26. The molecule has 19 nitrogen and oxygen atoms in total. The van der Waals surface area contributed by atoms with Crippen LogP contribution in [0.15, 0.2) is 90.0 Å². The van der Waals surface area contributed by atoms with Crippen molar-refractivity contribution in [1.82, 2.24) is 9.55 Å². The number of aliphatic hydroxyl groups excluding tert-OH is 3. The van der Waals surface area contributed by atoms with E-state index in [1.807, 2.05) is 12.2 Å². The molecule has 1 fully saturated rings. The van der Waals surface area contributed by atoms with Crippen LogP contribution in [-0.2, 0) is 40.9 Å². The van der Waals surface area contributed by atoms with Gasteiger partial charge < -0.3 is 40.1 Å². The number of carbonyl (C=O) groups is 1. The van der Waals surface area contributed by atoms with E-state index in [0.717, 1.165) is 68.6 Å². The molecule has 8 atom stereocenters. The fraction of sp³-hybridized carbons (Fsp3) is 0.638. The number of hydrogen-bond acceptors (Lipinski definition) is 14. The Morgan fingerprint density at radius 3 is 1.81 bits per heavy atom. The van der Waals surface area contributed by atoms with Gasteiger partial charge in [-0.25, -0.2) is 18.5 Å². The van der Waals surface area contributed by atoms with E-state index in [0.29, 0.717) is 12.8 Å². The monoisotopic (exact) mass is 1030 g/mol. The maximum absolute atomic E-state index is 12.8. The van der Waals surface area contributed by atoms with Crippen molar-refractivity contribution in [1.29, 1.82) is 0 Å². The molecule has 0 saturated carbocycles. The molecule has 0 bridgehead atoms. The Balaban J connectivity index is 1.69. The molecule has 0 radical (unpaired) electrons. The van der Waals surface area contributed by atoms with E-state index in [2.05, 4.69) is 90.4 Å². The van der Waals surface area contributed by atoms with Gasteiger partial charge in [-0.2, -0.15) is 13.6 Å². The summed E-state index contributed by atoms with van der Waals surface area (Å²) in [6.45, 7) is 2.66. The number of phosphoric ester groups is 2. The average molecular weight is 1030 g/mol. The molecule has 1 amide bonds. The molecule has 1 aromatic rings. The molecule has 1 saturated heterocycles. The van der Waals surface area contributed by atoms with Crippen LogP contribution in [0.2, 0.25) is 0 Å². The Hall–Kier alpha value is -2.96. The van der Waals surface area contributed by atoms with Gasteiger partial charge in [0.2, 0.25) is 5.91 Å². The van der Waals surface area contributed by atoms with E-state index in [-0.39, 0.29) is 24.6 Å². The number of aliphatic hydroxyl groups is 3. The summed E-state index contributed by atoms with van der Waals surface area (Å²) in [5.74, 6) is -0.464. The maximum atomic E-state index is 12.8. The van der Waals surface area contributed by atoms with Crippen LogP contribution >= 0.6 is 23.5 Å². The first-order chi connectivity index (χ1) is 33.0. The van der Waals surface area contributed by atoms with Gasteiger partial charge in [-0.15, -0.1) is 0 Å². The van der Waals surface area contributed by atoms with E-state index in [1.54, 1.807) is 6.08 Å². The fourth-order valence-corrected chi connectivity index (χ4v) is 10.3. The summed E-state index contributed by atoms with van der Waals surface area (Å²) in [4.78, 5) is 59.0. The van der Waals surface area contributed by atoms with Crippen LogP contribution in [0.1, 0.15) is 155 Å². The zero-order chi connectivity index (χ0) is 50.8. The molecular formula is C47H78N3O16P3. The number of carbonyl (C=O) groups excluding carboxylic acids is 1. The number of amides is 1. The summed E-state index contributed by atoms with van der Waals surface area (Å²) in [7, 11) is -16.8. The Kier molecular flexibility index (Phi) is 32.5. The molecule has 1 aromatic heterocycles. The average Bonchev–Trinajstić information content (AvgIpc) is 3.56. The van der Waals surface area contributed by atoms with Gasteiger partial charge in [-0.3, -0.25) is 18.4 Å². The third-order valence-corrected chi connectivity index (χ3v) is 14.7. The number of allylic oxidation sites excluding steroid dienone is 11. The molecule has 69 heavy (non-hydrogen) atoms. The largest absolute Gasteiger partial charge is 0.490 e. The van der Waals surface area contributed by atoms with Crippen LogP contribution in [0, 0.1) is 0 Å². The Bertz CT molecular complexity index is 1990. The van der Waals surface area contributed by atoms with E-state index in [4.69, 9.17) is 4.74 Å². The molecule has 1 aliphatic rings. The molecule has 7 N–H and O–H groups in total. The highest BCUT2D eigenvalue weighted by atomic mass is 31.3. The summed E-state index contributed by atoms with van der Waals surface area (Å²) < 4.78 is 60.9. The number of unbranched alkanes of at least 4 members (excludes halogenated alkanes) is 12. The summed E-state index contributed by atoms with van der Waals surface area (Å²) in [6.07, 6.45) is 37.3. The molecule has 8 unspecified atom stereocenters. The van der Waals surface area contributed by atoms with Crippen molar-refractivity contribution in [2.24, 2.45) is 0 Å². The number of phosphoric acid groups is 3. The highest BCUT2D eigenvalue weighted by Gasteiger charge is 2.47. The summed E-state index contributed by atoms with van der Waals surface area (Å²) in [5.41, 5.74) is -0.990. The molecule has 2 rings (SSSR count). The highest BCUT2D eigenvalue weighted by Crippen LogP contribution is 2.67. The minimum absolute atomic E-state index is 0.0779. The number of hydrogen-bond donors (Lipinski definition) is 7. The number of nitrogens with one attached hydrogen (secondary N) is 1. The number of ether oxygens (including phenoxy) is 1. The van der Waals surface area contributed by atoms with Gasteiger partial charge in [0.25, 0.3) is 0 Å². The van der Waals surface area contributed by atoms with Crippen molar-refractivity contribution >= 4 is 35.2 Å². The second kappa shape index (κ2) is 36.0. The predicted molar refractivity (Wildman–Crippen MR) is 266 cm³/mol. The zero-order valence-corrected chi connectivity index (χ0v) is 42.9. The smallest absolute Gasteiger partial charge is 0.389 e. The second-order valence-corrected chi connectivity index (χ2v) is 21.1. The molecule has 2 heterocycles. The lowest BCUT2D eigenvalue weighted by Gasteiger charge is -2.20. The number of aromatic nitrogens is 2. The third kappa shape index (κ3) is 29.9. The SMILES string of the molecule is CCC=CCC=CCC=CCC=CCC=CCCCC(=O)Nc1ccn(C2OC(COP(=O)(O)OP(=O)(O)OP(=O)(O)OCCC(O)C=CCCCCCCCCCCCCC)C(O)C2O)c(=O)n1. The number of anilines is 1. The summed E-state index contributed by atoms with van der Waals surface area (Å²) >= 11 is 0. The first-order valence-corrected chi connectivity index (χ1v) is 28.7. The lowest BCUT2D eigenvalue weighted by Crippen LogP contribution is -2.36. The van der Waals surface area contributed by atoms with Crippen LogP contribution in [0.3, 0.4) is 0 Å². The topological polar surface area (TPSA) is 283 Å². The van der Waals surface area contributed by atoms with Gasteiger partial charge in [0.15, 0.2) is 6.23 Å². The lowest BCUT2D eigenvalue weighted by atomic mass is 10.1. The Morgan fingerprint density at radius 1 is 0.725 bits per heavy atom. The Labute approximate surface area is 407 Å². The molecule has 0 spiro atoms. The van der Waals surface area contributed by atoms with E-state index >= 15 is 0 Å². The van der Waals surface area contributed by atoms with Crippen LogP contribution in [-0.4, -0.2) is 83.1 Å². The molecule has 0 aromatic carbocycles. The molecule has 22 heteroatoms. The van der Waals surface area contributed by atoms with E-state index in [9.17, 15) is 53.3 Å². The predicted octanol–water partition coefficient (Wildman–Crippen LogP) is 10.1. The van der Waals surface area contributed by atoms with Gasteiger partial charge in [0.1, 0.15) is 24.1 Å². The van der Waals surface area contributed by atoms with Crippen molar-refractivity contribution in [3.8, 4) is 0 Å². The van der Waals surface area contributed by atoms with Crippen LogP contribution in [0.25, 0.3) is 0 Å². The van der Waals surface area contributed by atoms with Gasteiger partial charge in [0, 0.05) is 19.0 Å². The minimum atomic E-state index is -5.83. The fourth-order valence-electron chi connectivity index (χ4n) is 6.78. The highest BCUT2D eigenvalue weighted by molar-refractivity contribution is 7.66. The van der Waals surface area contributed by atoms with Crippen LogP contribution < -0.4 is 11.0 Å². The molecule has 392 valence electrons. The zero-order valence-electron chi connectivity index (χ0n) is 40.2. The molecule has 1 aliphatic heterocycles. The van der Waals surface area contributed by atoms with Crippen molar-refractivity contribution in [3.63, 3.8) is 0 Å². The maximum Gasteiger partial charge on any atom is 0.490 e. The summed E-state index contributed by atoms with van der Waals surface area (Å²) in [5, 5.41) is 33.8. The Morgan fingerprint density at radius 2 is 1.25 bits per heavy atom. The van der Waals surface area contributed by atoms with E-state index in [1.165, 1.54) is 63.5 Å². The van der Waals surface area contributed by atoms with Gasteiger partial charge in [-0.1, -0.05) is 151 Å². The lowest BCUT2D eigenvalue weighted by molar-refractivity contribution is -0.116. The minimum Gasteiger partial charge on any atom is -0.389 e. The normalized spacial score (nSPS) is 21.0. The van der Waals surface area contributed by atoms with E-state index < -0.39 is 73.0 Å². The first kappa shape index (κ1) is 62.2. The van der Waals surface area contributed by atoms with Gasteiger partial charge >= 0.3 is 29.2 Å². The first-order valence-electron chi connectivity index (χ1n) is 24.2.